The van der Waals surface area contributed by atoms with Crippen molar-refractivity contribution in [2.75, 3.05) is 45.5 Å². The highest BCUT2D eigenvalue weighted by atomic mass is 32.2. The topological polar surface area (TPSA) is 90.0 Å². The Morgan fingerprint density at radius 1 is 0.958 bits per heavy atom. The molecule has 0 aromatic rings. The van der Waals surface area contributed by atoms with Gasteiger partial charge in [-0.25, -0.2) is 17.5 Å². The molecular formula is C15H28N4O4S. The summed E-state index contributed by atoms with van der Waals surface area (Å²) in [5.74, 6) is -0.0221. The summed E-state index contributed by atoms with van der Waals surface area (Å²) in [7, 11) is -3.17. The average Bonchev–Trinajstić information content (AvgIpc) is 2.53. The van der Waals surface area contributed by atoms with Crippen molar-refractivity contribution in [3.8, 4) is 0 Å². The van der Waals surface area contributed by atoms with Crippen LogP contribution in [0.2, 0.25) is 0 Å². The zero-order chi connectivity index (χ0) is 17.9. The number of carbonyl (C=O) groups excluding carboxylic acids is 2. The molecule has 0 saturated carbocycles. The summed E-state index contributed by atoms with van der Waals surface area (Å²) in [4.78, 5) is 28.1. The number of nitrogens with zero attached hydrogens (tertiary/aromatic N) is 3. The Labute approximate surface area is 144 Å². The largest absolute Gasteiger partial charge is 0.339 e. The van der Waals surface area contributed by atoms with E-state index < -0.39 is 10.0 Å². The maximum Gasteiger partial charge on any atom is 0.317 e. The van der Waals surface area contributed by atoms with E-state index in [1.165, 1.54) is 10.6 Å². The molecule has 24 heavy (non-hydrogen) atoms. The van der Waals surface area contributed by atoms with E-state index in [4.69, 9.17) is 0 Å². The minimum Gasteiger partial charge on any atom is -0.339 e. The second kappa shape index (κ2) is 7.69. The monoisotopic (exact) mass is 360 g/mol. The van der Waals surface area contributed by atoms with Crippen molar-refractivity contribution in [1.29, 1.82) is 0 Å². The minimum absolute atomic E-state index is 0.0847. The van der Waals surface area contributed by atoms with Gasteiger partial charge < -0.3 is 15.1 Å². The Morgan fingerprint density at radius 3 is 1.92 bits per heavy atom. The zero-order valence-electron chi connectivity index (χ0n) is 14.7. The first-order chi connectivity index (χ1) is 11.2. The summed E-state index contributed by atoms with van der Waals surface area (Å²) in [6.07, 6.45) is 2.34. The maximum atomic E-state index is 12.6. The highest BCUT2D eigenvalue weighted by Gasteiger charge is 2.33. The third-order valence-electron chi connectivity index (χ3n) is 4.56. The Kier molecular flexibility index (Phi) is 6.08. The summed E-state index contributed by atoms with van der Waals surface area (Å²) in [6.45, 7) is 6.80. The lowest BCUT2D eigenvalue weighted by molar-refractivity contribution is -0.138. The SMILES string of the molecule is CC(C)NC(=O)N1CCN(C(=O)C2CCN(S(C)(=O)=O)CC2)CC1. The van der Waals surface area contributed by atoms with E-state index in [-0.39, 0.29) is 23.9 Å². The molecule has 0 bridgehead atoms. The number of amides is 3. The predicted octanol–water partition coefficient (Wildman–Crippen LogP) is -0.0798. The van der Waals surface area contributed by atoms with E-state index in [1.807, 2.05) is 13.8 Å². The molecule has 2 aliphatic rings. The van der Waals surface area contributed by atoms with Gasteiger partial charge in [-0.2, -0.15) is 0 Å². The minimum atomic E-state index is -3.17. The normalized spacial score (nSPS) is 21.2. The van der Waals surface area contributed by atoms with Gasteiger partial charge in [-0.3, -0.25) is 4.79 Å². The van der Waals surface area contributed by atoms with Gasteiger partial charge in [-0.05, 0) is 26.7 Å². The number of piperazine rings is 1. The van der Waals surface area contributed by atoms with Gasteiger partial charge in [0.25, 0.3) is 0 Å². The van der Waals surface area contributed by atoms with Crippen LogP contribution in [-0.4, -0.2) is 86.0 Å². The lowest BCUT2D eigenvalue weighted by atomic mass is 9.96. The first kappa shape index (κ1) is 19.0. The third kappa shape index (κ3) is 4.83. The maximum absolute atomic E-state index is 12.6. The molecule has 0 unspecified atom stereocenters. The van der Waals surface area contributed by atoms with Gasteiger partial charge in [0.05, 0.1) is 6.26 Å². The fourth-order valence-corrected chi connectivity index (χ4v) is 4.03. The summed E-state index contributed by atoms with van der Waals surface area (Å²) in [6, 6.07) is 0.00995. The van der Waals surface area contributed by atoms with Crippen LogP contribution in [0.4, 0.5) is 4.79 Å². The second-order valence-electron chi connectivity index (χ2n) is 6.85. The Bertz CT molecular complexity index is 562. The van der Waals surface area contributed by atoms with Crippen LogP contribution in [0.1, 0.15) is 26.7 Å². The van der Waals surface area contributed by atoms with Gasteiger partial charge in [0.15, 0.2) is 0 Å². The van der Waals surface area contributed by atoms with Crippen LogP contribution in [0.3, 0.4) is 0 Å². The van der Waals surface area contributed by atoms with Gasteiger partial charge in [0.2, 0.25) is 15.9 Å². The van der Waals surface area contributed by atoms with Crippen molar-refractivity contribution in [2.24, 2.45) is 5.92 Å². The fraction of sp³-hybridized carbons (Fsp3) is 0.867. The number of hydrogen-bond donors (Lipinski definition) is 1. The molecule has 0 aromatic carbocycles. The van der Waals surface area contributed by atoms with Crippen LogP contribution in [0.25, 0.3) is 0 Å². The van der Waals surface area contributed by atoms with Crippen LogP contribution in [0, 0.1) is 5.92 Å². The third-order valence-corrected chi connectivity index (χ3v) is 5.87. The first-order valence-corrected chi connectivity index (χ1v) is 10.3. The van der Waals surface area contributed by atoms with Crippen LogP contribution >= 0.6 is 0 Å². The van der Waals surface area contributed by atoms with Gasteiger partial charge in [0, 0.05) is 51.2 Å². The Morgan fingerprint density at radius 2 is 1.46 bits per heavy atom. The van der Waals surface area contributed by atoms with Crippen LogP contribution in [-0.2, 0) is 14.8 Å². The standard InChI is InChI=1S/C15H28N4O4S/c1-12(2)16-15(21)18-10-8-17(9-11-18)14(20)13-4-6-19(7-5-13)24(3,22)23/h12-13H,4-11H2,1-3H3,(H,16,21). The number of urea groups is 1. The van der Waals surface area contributed by atoms with E-state index in [2.05, 4.69) is 5.32 Å². The number of nitrogens with one attached hydrogen (secondary N) is 1. The highest BCUT2D eigenvalue weighted by molar-refractivity contribution is 7.88. The second-order valence-corrected chi connectivity index (χ2v) is 8.84. The number of sulfonamides is 1. The van der Waals surface area contributed by atoms with E-state index in [0.717, 1.165) is 0 Å². The number of hydrogen-bond acceptors (Lipinski definition) is 4. The van der Waals surface area contributed by atoms with E-state index in [1.54, 1.807) is 9.80 Å². The lowest BCUT2D eigenvalue weighted by Crippen LogP contribution is -2.55. The molecule has 2 rings (SSSR count). The van der Waals surface area contributed by atoms with Crippen molar-refractivity contribution in [3.63, 3.8) is 0 Å². The molecule has 9 heteroatoms. The molecule has 3 amide bonds. The van der Waals surface area contributed by atoms with E-state index in [9.17, 15) is 18.0 Å². The van der Waals surface area contributed by atoms with Gasteiger partial charge in [-0.1, -0.05) is 0 Å². The fourth-order valence-electron chi connectivity index (χ4n) is 3.16. The molecule has 2 aliphatic heterocycles. The molecule has 2 fully saturated rings. The highest BCUT2D eigenvalue weighted by Crippen LogP contribution is 2.22. The number of carbonyl (C=O) groups is 2. The molecule has 0 aromatic heterocycles. The predicted molar refractivity (Wildman–Crippen MR) is 91.0 cm³/mol. The van der Waals surface area contributed by atoms with E-state index >= 15 is 0 Å². The molecule has 1 N–H and O–H groups in total. The Balaban J connectivity index is 1.80. The summed E-state index contributed by atoms with van der Waals surface area (Å²) in [5, 5.41) is 2.86. The molecule has 0 atom stereocenters. The van der Waals surface area contributed by atoms with Crippen molar-refractivity contribution in [1.82, 2.24) is 19.4 Å². The number of rotatable bonds is 3. The zero-order valence-corrected chi connectivity index (χ0v) is 15.5. The summed E-state index contributed by atoms with van der Waals surface area (Å²) in [5.41, 5.74) is 0. The molecule has 2 saturated heterocycles. The van der Waals surface area contributed by atoms with E-state index in [0.29, 0.717) is 52.1 Å². The van der Waals surface area contributed by atoms with Gasteiger partial charge >= 0.3 is 6.03 Å². The molecular weight excluding hydrogens is 332 g/mol. The molecule has 138 valence electrons. The smallest absolute Gasteiger partial charge is 0.317 e. The van der Waals surface area contributed by atoms with Crippen LogP contribution in [0.15, 0.2) is 0 Å². The van der Waals surface area contributed by atoms with Crippen molar-refractivity contribution >= 4 is 22.0 Å². The van der Waals surface area contributed by atoms with Gasteiger partial charge in [0.1, 0.15) is 0 Å². The summed E-state index contributed by atoms with van der Waals surface area (Å²) < 4.78 is 24.5. The lowest BCUT2D eigenvalue weighted by Gasteiger charge is -2.38. The first-order valence-electron chi connectivity index (χ1n) is 8.48. The van der Waals surface area contributed by atoms with Crippen molar-refractivity contribution in [2.45, 2.75) is 32.7 Å². The summed E-state index contributed by atoms with van der Waals surface area (Å²) >= 11 is 0. The average molecular weight is 360 g/mol. The van der Waals surface area contributed by atoms with Gasteiger partial charge in [-0.15, -0.1) is 0 Å². The molecule has 2 heterocycles. The van der Waals surface area contributed by atoms with Crippen LogP contribution in [0.5, 0.6) is 0 Å². The Hall–Kier alpha value is -1.35. The quantitative estimate of drug-likeness (QED) is 0.762. The van der Waals surface area contributed by atoms with Crippen molar-refractivity contribution < 1.29 is 18.0 Å². The molecule has 8 nitrogen and oxygen atoms in total. The van der Waals surface area contributed by atoms with Crippen molar-refractivity contribution in [3.05, 3.63) is 0 Å². The molecule has 0 spiro atoms. The molecule has 0 aliphatic carbocycles. The molecule has 0 radical (unpaired) electrons. The number of piperidine rings is 1. The van der Waals surface area contributed by atoms with Crippen LogP contribution < -0.4 is 5.32 Å².